The summed E-state index contributed by atoms with van der Waals surface area (Å²) in [6.45, 7) is 0. The Morgan fingerprint density at radius 2 is 2.07 bits per heavy atom. The molecule has 0 saturated carbocycles. The van der Waals surface area contributed by atoms with Crippen molar-refractivity contribution in [3.05, 3.63) is 41.5 Å². The molecular weight excluding hydrogens is 402 g/mol. The molecule has 1 unspecified atom stereocenters. The fraction of sp³-hybridized carbons (Fsp3) is 0.278. The maximum absolute atomic E-state index is 12.6. The number of hydrogen-bond acceptors (Lipinski definition) is 7. The molecule has 2 N–H and O–H groups in total. The number of thiazole rings is 1. The zero-order valence-corrected chi connectivity index (χ0v) is 17.6. The lowest BCUT2D eigenvalue weighted by Crippen LogP contribution is -2.30. The van der Waals surface area contributed by atoms with E-state index in [9.17, 15) is 4.79 Å². The minimum atomic E-state index is -0.516. The van der Waals surface area contributed by atoms with E-state index in [0.29, 0.717) is 22.3 Å². The molecule has 8 nitrogen and oxygen atoms in total. The van der Waals surface area contributed by atoms with Gasteiger partial charge in [0.25, 0.3) is 0 Å². The van der Waals surface area contributed by atoms with E-state index in [1.54, 1.807) is 38.3 Å². The molecule has 0 aliphatic rings. The number of aromatic nitrogens is 3. The van der Waals surface area contributed by atoms with E-state index in [1.807, 2.05) is 30.6 Å². The molecule has 3 aromatic rings. The van der Waals surface area contributed by atoms with E-state index in [2.05, 4.69) is 20.7 Å². The maximum atomic E-state index is 12.6. The van der Waals surface area contributed by atoms with Gasteiger partial charge in [0, 0.05) is 29.8 Å². The number of rotatable bonds is 7. The summed E-state index contributed by atoms with van der Waals surface area (Å²) in [5.74, 6) is 1.18. The van der Waals surface area contributed by atoms with Crippen LogP contribution in [0.1, 0.15) is 11.6 Å². The minimum Gasteiger partial charge on any atom is -0.497 e. The molecule has 2 heterocycles. The molecule has 0 aliphatic heterocycles. The highest BCUT2D eigenvalue weighted by molar-refractivity contribution is 7.14. The van der Waals surface area contributed by atoms with E-state index >= 15 is 0 Å². The summed E-state index contributed by atoms with van der Waals surface area (Å²) in [4.78, 5) is 17.2. The summed E-state index contributed by atoms with van der Waals surface area (Å²) in [5.41, 5.74) is 2.28. The number of carbonyl (C=O) groups is 1. The number of nitrogens with one attached hydrogen (secondary N) is 2. The van der Waals surface area contributed by atoms with Crippen LogP contribution in [0.2, 0.25) is 0 Å². The van der Waals surface area contributed by atoms with Gasteiger partial charge in [-0.1, -0.05) is 0 Å². The van der Waals surface area contributed by atoms with Crippen molar-refractivity contribution in [3.63, 3.8) is 0 Å². The summed E-state index contributed by atoms with van der Waals surface area (Å²) in [6, 6.07) is 4.98. The van der Waals surface area contributed by atoms with Crippen LogP contribution < -0.4 is 20.1 Å². The van der Waals surface area contributed by atoms with Gasteiger partial charge >= 0.3 is 0 Å². The van der Waals surface area contributed by atoms with Gasteiger partial charge in [-0.3, -0.25) is 9.48 Å². The van der Waals surface area contributed by atoms with E-state index in [4.69, 9.17) is 9.47 Å². The molecule has 10 heteroatoms. The number of benzene rings is 1. The molecule has 0 saturated heterocycles. The number of carbonyl (C=O) groups excluding carboxylic acids is 1. The van der Waals surface area contributed by atoms with Gasteiger partial charge in [-0.25, -0.2) is 4.98 Å². The number of nitrogens with zero attached hydrogens (tertiary/aromatic N) is 3. The first-order valence-corrected chi connectivity index (χ1v) is 9.08. The van der Waals surface area contributed by atoms with Crippen molar-refractivity contribution in [2.45, 2.75) is 6.04 Å². The number of hydrogen-bond donors (Lipinski definition) is 2. The number of halogens is 1. The number of amides is 1. The molecule has 0 aliphatic carbocycles. The Balaban J connectivity index is 0.00000280. The van der Waals surface area contributed by atoms with E-state index in [0.717, 1.165) is 11.1 Å². The maximum Gasteiger partial charge on any atom is 0.247 e. The molecule has 2 aromatic heterocycles. The quantitative estimate of drug-likeness (QED) is 0.607. The topological polar surface area (TPSA) is 90.3 Å². The van der Waals surface area contributed by atoms with Gasteiger partial charge in [0.2, 0.25) is 5.91 Å². The third-order valence-corrected chi connectivity index (χ3v) is 4.78. The molecule has 1 atom stereocenters. The standard InChI is InChI=1S/C18H21N5O3S.ClH/c1-19-16(11-8-20-23(2)9-11)17(24)22-18-21-14(10-27-18)13-7-12(25-3)5-6-15(13)26-4;/h5-10,16,19H,1-4H3,(H,21,22,24);1H. The van der Waals surface area contributed by atoms with Gasteiger partial charge in [0.1, 0.15) is 17.5 Å². The van der Waals surface area contributed by atoms with E-state index < -0.39 is 6.04 Å². The summed E-state index contributed by atoms with van der Waals surface area (Å²) >= 11 is 1.35. The predicted octanol–water partition coefficient (Wildman–Crippen LogP) is 2.88. The summed E-state index contributed by atoms with van der Waals surface area (Å²) in [7, 11) is 6.74. The second kappa shape index (κ2) is 9.54. The lowest BCUT2D eigenvalue weighted by atomic mass is 10.1. The Morgan fingerprint density at radius 3 is 2.68 bits per heavy atom. The number of anilines is 1. The highest BCUT2D eigenvalue weighted by atomic mass is 35.5. The fourth-order valence-electron chi connectivity index (χ4n) is 2.68. The number of aryl methyl sites for hydroxylation is 1. The fourth-order valence-corrected chi connectivity index (χ4v) is 3.40. The molecule has 1 aromatic carbocycles. The number of ether oxygens (including phenoxy) is 2. The molecule has 0 fully saturated rings. The van der Waals surface area contributed by atoms with Crippen LogP contribution in [0.15, 0.2) is 36.0 Å². The van der Waals surface area contributed by atoms with Gasteiger partial charge in [-0.15, -0.1) is 23.7 Å². The Morgan fingerprint density at radius 1 is 1.29 bits per heavy atom. The van der Waals surface area contributed by atoms with Crippen LogP contribution in [0.5, 0.6) is 11.5 Å². The van der Waals surface area contributed by atoms with Crippen molar-refractivity contribution in [1.82, 2.24) is 20.1 Å². The van der Waals surface area contributed by atoms with Gasteiger partial charge < -0.3 is 20.1 Å². The van der Waals surface area contributed by atoms with Gasteiger partial charge in [-0.2, -0.15) is 5.10 Å². The molecule has 0 bridgehead atoms. The third-order valence-electron chi connectivity index (χ3n) is 4.03. The van der Waals surface area contributed by atoms with Crippen LogP contribution in [0.3, 0.4) is 0 Å². The van der Waals surface area contributed by atoms with Crippen LogP contribution in [0.4, 0.5) is 5.13 Å². The Labute approximate surface area is 173 Å². The van der Waals surface area contributed by atoms with E-state index in [-0.39, 0.29) is 18.3 Å². The SMILES string of the molecule is CNC(C(=O)Nc1nc(-c2cc(OC)ccc2OC)cs1)c1cnn(C)c1.Cl. The summed E-state index contributed by atoms with van der Waals surface area (Å²) < 4.78 is 12.3. The van der Waals surface area contributed by atoms with Gasteiger partial charge in [0.15, 0.2) is 5.13 Å². The van der Waals surface area contributed by atoms with Crippen molar-refractivity contribution < 1.29 is 14.3 Å². The van der Waals surface area contributed by atoms with Crippen molar-refractivity contribution in [2.24, 2.45) is 7.05 Å². The Hall–Kier alpha value is -2.62. The largest absolute Gasteiger partial charge is 0.497 e. The molecule has 1 amide bonds. The van der Waals surface area contributed by atoms with Crippen molar-refractivity contribution in [1.29, 1.82) is 0 Å². The van der Waals surface area contributed by atoms with Crippen molar-refractivity contribution in [2.75, 3.05) is 26.6 Å². The molecule has 150 valence electrons. The van der Waals surface area contributed by atoms with Crippen LogP contribution in [0, 0.1) is 0 Å². The average Bonchev–Trinajstić information content (AvgIpc) is 3.31. The molecule has 3 rings (SSSR count). The van der Waals surface area contributed by atoms with E-state index in [1.165, 1.54) is 11.3 Å². The zero-order valence-electron chi connectivity index (χ0n) is 15.9. The lowest BCUT2D eigenvalue weighted by molar-refractivity contribution is -0.118. The highest BCUT2D eigenvalue weighted by Crippen LogP contribution is 2.35. The highest BCUT2D eigenvalue weighted by Gasteiger charge is 2.21. The second-order valence-corrected chi connectivity index (χ2v) is 6.62. The predicted molar refractivity (Wildman–Crippen MR) is 112 cm³/mol. The van der Waals surface area contributed by atoms with Crippen LogP contribution in [-0.4, -0.2) is 41.9 Å². The second-order valence-electron chi connectivity index (χ2n) is 5.76. The Kier molecular flexibility index (Phi) is 7.38. The van der Waals surface area contributed by atoms with Crippen molar-refractivity contribution in [3.8, 4) is 22.8 Å². The monoisotopic (exact) mass is 423 g/mol. The van der Waals surface area contributed by atoms with Crippen LogP contribution in [0.25, 0.3) is 11.3 Å². The van der Waals surface area contributed by atoms with Crippen LogP contribution >= 0.6 is 23.7 Å². The average molecular weight is 424 g/mol. The van der Waals surface area contributed by atoms with Crippen LogP contribution in [-0.2, 0) is 11.8 Å². The first kappa shape index (κ1) is 21.7. The lowest BCUT2D eigenvalue weighted by Gasteiger charge is -2.13. The smallest absolute Gasteiger partial charge is 0.247 e. The summed E-state index contributed by atoms with van der Waals surface area (Å²) in [6.07, 6.45) is 3.46. The third kappa shape index (κ3) is 4.61. The summed E-state index contributed by atoms with van der Waals surface area (Å²) in [5, 5.41) is 12.3. The Bertz CT molecular complexity index is 943. The number of likely N-dealkylation sites (N-methyl/N-ethyl adjacent to an activating group) is 1. The van der Waals surface area contributed by atoms with Crippen molar-refractivity contribution >= 4 is 34.8 Å². The van der Waals surface area contributed by atoms with Gasteiger partial charge in [-0.05, 0) is 25.2 Å². The first-order chi connectivity index (χ1) is 13.0. The normalized spacial score (nSPS) is 11.4. The minimum absolute atomic E-state index is 0. The molecule has 0 radical (unpaired) electrons. The molecule has 28 heavy (non-hydrogen) atoms. The first-order valence-electron chi connectivity index (χ1n) is 8.20. The molecule has 0 spiro atoms. The zero-order chi connectivity index (χ0) is 19.4. The van der Waals surface area contributed by atoms with Gasteiger partial charge in [0.05, 0.1) is 26.1 Å². The molecular formula is C18H22ClN5O3S. The number of methoxy groups -OCH3 is 2.